The third kappa shape index (κ3) is 1.54. The summed E-state index contributed by atoms with van der Waals surface area (Å²) in [5, 5.41) is 0. The summed E-state index contributed by atoms with van der Waals surface area (Å²) in [4.78, 5) is 15.7. The van der Waals surface area contributed by atoms with E-state index in [1.54, 1.807) is 6.33 Å². The molecule has 0 aromatic carbocycles. The van der Waals surface area contributed by atoms with Gasteiger partial charge in [0.1, 0.15) is 11.3 Å². The average molecular weight is 205 g/mol. The Kier molecular flexibility index (Phi) is 2.10. The molecule has 5 nitrogen and oxygen atoms in total. The third-order valence-electron chi connectivity index (χ3n) is 2.80. The minimum absolute atomic E-state index is 0.0682. The Bertz CT molecular complexity index is 486. The molecule has 2 heterocycles. The molecule has 0 saturated heterocycles. The maximum Gasteiger partial charge on any atom is 0.183 e. The summed E-state index contributed by atoms with van der Waals surface area (Å²) in [6.45, 7) is 6.30. The molecule has 0 radical (unpaired) electrons. The van der Waals surface area contributed by atoms with Crippen molar-refractivity contribution in [2.24, 2.45) is 0 Å². The molecule has 5 heteroatoms. The first-order valence-electron chi connectivity index (χ1n) is 5.01. The third-order valence-corrected chi connectivity index (χ3v) is 2.80. The second kappa shape index (κ2) is 3.18. The van der Waals surface area contributed by atoms with Gasteiger partial charge in [0, 0.05) is 5.41 Å². The minimum atomic E-state index is -0.0682. The molecule has 0 bridgehead atoms. The van der Waals surface area contributed by atoms with Gasteiger partial charge in [-0.1, -0.05) is 20.8 Å². The predicted molar refractivity (Wildman–Crippen MR) is 59.4 cm³/mol. The molecule has 0 unspecified atom stereocenters. The minimum Gasteiger partial charge on any atom is -0.382 e. The molecule has 80 valence electrons. The fraction of sp³-hybridized carbons (Fsp3) is 0.500. The summed E-state index contributed by atoms with van der Waals surface area (Å²) in [6, 6.07) is 0. The van der Waals surface area contributed by atoms with Gasteiger partial charge in [-0.2, -0.15) is 0 Å². The maximum atomic E-state index is 5.83. The van der Waals surface area contributed by atoms with Crippen molar-refractivity contribution in [2.45, 2.75) is 32.6 Å². The highest BCUT2D eigenvalue weighted by Gasteiger charge is 2.23. The first-order valence-corrected chi connectivity index (χ1v) is 5.01. The van der Waals surface area contributed by atoms with E-state index >= 15 is 0 Å². The molecule has 2 aromatic heterocycles. The molecule has 0 amide bonds. The van der Waals surface area contributed by atoms with Gasteiger partial charge in [-0.15, -0.1) is 0 Å². The van der Waals surface area contributed by atoms with Crippen molar-refractivity contribution in [1.29, 1.82) is 0 Å². The summed E-state index contributed by atoms with van der Waals surface area (Å²) in [7, 11) is 0. The van der Waals surface area contributed by atoms with Crippen LogP contribution in [0.1, 0.15) is 33.0 Å². The van der Waals surface area contributed by atoms with E-state index in [4.69, 9.17) is 5.73 Å². The standard InChI is InChI=1S/C10H15N5/c1-4-10(2,3)9-14-7(11)6-8(15-9)13-5-12-6/h5H,4H2,1-3H3,(H3,11,12,13,14,15). The smallest absolute Gasteiger partial charge is 0.183 e. The SMILES string of the molecule is CCC(C)(C)c1nc(N)c2[nH]cnc2n1. The lowest BCUT2D eigenvalue weighted by atomic mass is 9.89. The second-order valence-electron chi connectivity index (χ2n) is 4.27. The van der Waals surface area contributed by atoms with Gasteiger partial charge in [-0.3, -0.25) is 0 Å². The molecule has 2 aromatic rings. The molecular formula is C10H15N5. The topological polar surface area (TPSA) is 80.5 Å². The Hall–Kier alpha value is -1.65. The van der Waals surface area contributed by atoms with Gasteiger partial charge in [0.05, 0.1) is 6.33 Å². The number of aromatic nitrogens is 4. The quantitative estimate of drug-likeness (QED) is 0.780. The number of nitrogens with two attached hydrogens (primary N) is 1. The number of anilines is 1. The monoisotopic (exact) mass is 205 g/mol. The van der Waals surface area contributed by atoms with Gasteiger partial charge in [-0.25, -0.2) is 15.0 Å². The Morgan fingerprint density at radius 3 is 2.80 bits per heavy atom. The molecule has 0 atom stereocenters. The van der Waals surface area contributed by atoms with Crippen LogP contribution in [0.5, 0.6) is 0 Å². The van der Waals surface area contributed by atoms with Gasteiger partial charge in [0.2, 0.25) is 0 Å². The van der Waals surface area contributed by atoms with E-state index in [1.165, 1.54) is 0 Å². The zero-order chi connectivity index (χ0) is 11.1. The number of imidazole rings is 1. The fourth-order valence-corrected chi connectivity index (χ4v) is 1.32. The zero-order valence-electron chi connectivity index (χ0n) is 9.20. The van der Waals surface area contributed by atoms with Crippen LogP contribution in [0.25, 0.3) is 11.2 Å². The van der Waals surface area contributed by atoms with Gasteiger partial charge in [0.15, 0.2) is 11.5 Å². The molecule has 15 heavy (non-hydrogen) atoms. The molecule has 3 N–H and O–H groups in total. The van der Waals surface area contributed by atoms with Gasteiger partial charge in [-0.05, 0) is 6.42 Å². The average Bonchev–Trinajstić information content (AvgIpc) is 2.66. The van der Waals surface area contributed by atoms with E-state index in [2.05, 4.69) is 40.7 Å². The van der Waals surface area contributed by atoms with Crippen molar-refractivity contribution in [3.8, 4) is 0 Å². The molecular weight excluding hydrogens is 190 g/mol. The van der Waals surface area contributed by atoms with Crippen LogP contribution in [0.3, 0.4) is 0 Å². The Morgan fingerprint density at radius 2 is 2.13 bits per heavy atom. The van der Waals surface area contributed by atoms with Crippen LogP contribution in [0.2, 0.25) is 0 Å². The van der Waals surface area contributed by atoms with Crippen molar-refractivity contribution in [3.63, 3.8) is 0 Å². The number of H-pyrrole nitrogens is 1. The molecule has 0 fully saturated rings. The lowest BCUT2D eigenvalue weighted by Gasteiger charge is -2.20. The van der Waals surface area contributed by atoms with Crippen molar-refractivity contribution < 1.29 is 0 Å². The summed E-state index contributed by atoms with van der Waals surface area (Å²) < 4.78 is 0. The van der Waals surface area contributed by atoms with E-state index in [9.17, 15) is 0 Å². The van der Waals surface area contributed by atoms with Crippen LogP contribution >= 0.6 is 0 Å². The van der Waals surface area contributed by atoms with Crippen LogP contribution < -0.4 is 5.73 Å². The number of nitrogen functional groups attached to an aromatic ring is 1. The van der Waals surface area contributed by atoms with Gasteiger partial charge < -0.3 is 10.7 Å². The normalized spacial score (nSPS) is 12.2. The Morgan fingerprint density at radius 1 is 1.40 bits per heavy atom. The second-order valence-corrected chi connectivity index (χ2v) is 4.27. The molecule has 0 saturated carbocycles. The van der Waals surface area contributed by atoms with Crippen LogP contribution in [0, 0.1) is 0 Å². The van der Waals surface area contributed by atoms with E-state index in [0.29, 0.717) is 17.0 Å². The molecule has 2 rings (SSSR count). The first kappa shape index (κ1) is 9.89. The van der Waals surface area contributed by atoms with Crippen molar-refractivity contribution in [2.75, 3.05) is 5.73 Å². The van der Waals surface area contributed by atoms with Crippen LogP contribution in [0.15, 0.2) is 6.33 Å². The van der Waals surface area contributed by atoms with E-state index in [-0.39, 0.29) is 5.41 Å². The summed E-state index contributed by atoms with van der Waals surface area (Å²) in [6.07, 6.45) is 2.54. The molecule has 0 aliphatic heterocycles. The number of nitrogens with zero attached hydrogens (tertiary/aromatic N) is 3. The highest BCUT2D eigenvalue weighted by molar-refractivity contribution is 5.80. The summed E-state index contributed by atoms with van der Waals surface area (Å²) in [5.74, 6) is 1.22. The summed E-state index contributed by atoms with van der Waals surface area (Å²) in [5.41, 5.74) is 7.11. The fourth-order valence-electron chi connectivity index (χ4n) is 1.32. The van der Waals surface area contributed by atoms with Crippen LogP contribution in [-0.4, -0.2) is 19.9 Å². The zero-order valence-corrected chi connectivity index (χ0v) is 9.20. The highest BCUT2D eigenvalue weighted by atomic mass is 15.1. The van der Waals surface area contributed by atoms with E-state index in [0.717, 1.165) is 12.2 Å². The lowest BCUT2D eigenvalue weighted by molar-refractivity contribution is 0.475. The number of nitrogens with one attached hydrogen (secondary N) is 1. The van der Waals surface area contributed by atoms with E-state index in [1.807, 2.05) is 0 Å². The Labute approximate surface area is 88.1 Å². The highest BCUT2D eigenvalue weighted by Crippen LogP contribution is 2.25. The number of fused-ring (bicyclic) bond motifs is 1. The van der Waals surface area contributed by atoms with E-state index < -0.39 is 0 Å². The van der Waals surface area contributed by atoms with Gasteiger partial charge >= 0.3 is 0 Å². The number of hydrogen-bond acceptors (Lipinski definition) is 4. The van der Waals surface area contributed by atoms with Crippen LogP contribution in [-0.2, 0) is 5.41 Å². The molecule has 0 aliphatic carbocycles. The number of aromatic amines is 1. The maximum absolute atomic E-state index is 5.83. The van der Waals surface area contributed by atoms with Crippen molar-refractivity contribution >= 4 is 17.0 Å². The van der Waals surface area contributed by atoms with Crippen LogP contribution in [0.4, 0.5) is 5.82 Å². The lowest BCUT2D eigenvalue weighted by Crippen LogP contribution is -2.20. The van der Waals surface area contributed by atoms with Crippen molar-refractivity contribution in [3.05, 3.63) is 12.2 Å². The molecule has 0 spiro atoms. The van der Waals surface area contributed by atoms with Crippen molar-refractivity contribution in [1.82, 2.24) is 19.9 Å². The van der Waals surface area contributed by atoms with Gasteiger partial charge in [0.25, 0.3) is 0 Å². The predicted octanol–water partition coefficient (Wildman–Crippen LogP) is 1.62. The molecule has 0 aliphatic rings. The number of hydrogen-bond donors (Lipinski definition) is 2. The summed E-state index contributed by atoms with van der Waals surface area (Å²) >= 11 is 0. The Balaban J connectivity index is 2.63. The largest absolute Gasteiger partial charge is 0.382 e. The first-order chi connectivity index (χ1) is 7.04. The number of rotatable bonds is 2.